The van der Waals surface area contributed by atoms with Gasteiger partial charge in [-0.25, -0.2) is 13.2 Å². The zero-order chi connectivity index (χ0) is 23.5. The van der Waals surface area contributed by atoms with E-state index in [0.29, 0.717) is 23.3 Å². The first-order chi connectivity index (χ1) is 15.1. The van der Waals surface area contributed by atoms with Crippen LogP contribution in [0.2, 0.25) is 0 Å². The Morgan fingerprint density at radius 1 is 1.16 bits per heavy atom. The quantitative estimate of drug-likeness (QED) is 0.261. The second-order valence-electron chi connectivity index (χ2n) is 8.17. The van der Waals surface area contributed by atoms with Crippen LogP contribution in [0, 0.1) is 21.0 Å². The number of hydrogen-bond acceptors (Lipinski definition) is 6. The van der Waals surface area contributed by atoms with Gasteiger partial charge in [-0.05, 0) is 66.8 Å². The van der Waals surface area contributed by atoms with Gasteiger partial charge in [-0.15, -0.1) is 0 Å². The van der Waals surface area contributed by atoms with E-state index >= 15 is 0 Å². The molecule has 0 spiro atoms. The third-order valence-corrected chi connectivity index (χ3v) is 5.79. The summed E-state index contributed by atoms with van der Waals surface area (Å²) in [7, 11) is 0. The fraction of sp³-hybridized carbons (Fsp3) is 0.455. The van der Waals surface area contributed by atoms with Crippen molar-refractivity contribution in [1.29, 1.82) is 0 Å². The molecular weight excluding hydrogens is 538 g/mol. The molecule has 0 saturated carbocycles. The van der Waals surface area contributed by atoms with Crippen LogP contribution in [-0.4, -0.2) is 59.6 Å². The van der Waals surface area contributed by atoms with E-state index in [9.17, 15) is 23.4 Å². The third-order valence-electron chi connectivity index (χ3n) is 5.12. The van der Waals surface area contributed by atoms with Gasteiger partial charge in [-0.3, -0.25) is 4.90 Å². The molecule has 0 aliphatic carbocycles. The SMILES string of the molecule is CC(C)OCCNCC1(O)CN(C(O)c2ccc(F)c(F)c2Nc2ccc(I)cc2F)C1. The van der Waals surface area contributed by atoms with Gasteiger partial charge in [0.15, 0.2) is 11.6 Å². The molecule has 1 heterocycles. The standard InChI is InChI=1S/C22H27F3IN3O3/c1-13(2)32-8-7-27-10-22(31)11-29(12-22)21(30)15-4-5-16(23)19(25)20(15)28-18-6-3-14(26)9-17(18)24/h3-6,9,13,21,27-28,30-31H,7-8,10-12H2,1-2H3. The summed E-state index contributed by atoms with van der Waals surface area (Å²) in [5.41, 5.74) is -1.41. The number of benzene rings is 2. The number of nitrogens with one attached hydrogen (secondary N) is 2. The van der Waals surface area contributed by atoms with Gasteiger partial charge in [0, 0.05) is 35.3 Å². The smallest absolute Gasteiger partial charge is 0.182 e. The van der Waals surface area contributed by atoms with Crippen molar-refractivity contribution >= 4 is 34.0 Å². The summed E-state index contributed by atoms with van der Waals surface area (Å²) in [5, 5.41) is 27.1. The molecule has 1 aliphatic heterocycles. The number of halogens is 4. The van der Waals surface area contributed by atoms with Gasteiger partial charge in [0.25, 0.3) is 0 Å². The first kappa shape index (κ1) is 25.2. The van der Waals surface area contributed by atoms with Gasteiger partial charge in [0.05, 0.1) is 24.1 Å². The highest BCUT2D eigenvalue weighted by molar-refractivity contribution is 14.1. The number of hydrogen-bond donors (Lipinski definition) is 4. The summed E-state index contributed by atoms with van der Waals surface area (Å²) in [6.45, 7) is 5.51. The monoisotopic (exact) mass is 565 g/mol. The summed E-state index contributed by atoms with van der Waals surface area (Å²) < 4.78 is 48.8. The number of rotatable bonds is 10. The summed E-state index contributed by atoms with van der Waals surface area (Å²) in [6.07, 6.45) is -1.19. The molecule has 0 radical (unpaired) electrons. The Kier molecular flexibility index (Phi) is 8.39. The molecule has 0 amide bonds. The van der Waals surface area contributed by atoms with E-state index in [1.54, 1.807) is 6.07 Å². The van der Waals surface area contributed by atoms with Crippen molar-refractivity contribution < 1.29 is 28.1 Å². The minimum Gasteiger partial charge on any atom is -0.386 e. The van der Waals surface area contributed by atoms with E-state index in [1.165, 1.54) is 23.1 Å². The van der Waals surface area contributed by atoms with E-state index in [1.807, 2.05) is 36.4 Å². The Morgan fingerprint density at radius 3 is 2.53 bits per heavy atom. The summed E-state index contributed by atoms with van der Waals surface area (Å²) in [6, 6.07) is 6.44. The van der Waals surface area contributed by atoms with Crippen molar-refractivity contribution in [3.05, 3.63) is 56.9 Å². The number of nitrogens with zero attached hydrogens (tertiary/aromatic N) is 1. The summed E-state index contributed by atoms with van der Waals surface area (Å²) in [5.74, 6) is -2.98. The molecule has 1 unspecified atom stereocenters. The van der Waals surface area contributed by atoms with Crippen molar-refractivity contribution in [1.82, 2.24) is 10.2 Å². The van der Waals surface area contributed by atoms with Crippen molar-refractivity contribution in [2.24, 2.45) is 0 Å². The predicted molar refractivity (Wildman–Crippen MR) is 124 cm³/mol. The zero-order valence-corrected chi connectivity index (χ0v) is 20.0. The van der Waals surface area contributed by atoms with E-state index in [2.05, 4.69) is 10.6 Å². The largest absolute Gasteiger partial charge is 0.386 e. The van der Waals surface area contributed by atoms with Crippen LogP contribution >= 0.6 is 22.6 Å². The van der Waals surface area contributed by atoms with Gasteiger partial charge >= 0.3 is 0 Å². The van der Waals surface area contributed by atoms with E-state index in [0.717, 1.165) is 6.07 Å². The third kappa shape index (κ3) is 6.12. The summed E-state index contributed by atoms with van der Waals surface area (Å²) in [4.78, 5) is 1.52. The van der Waals surface area contributed by atoms with Crippen LogP contribution in [0.25, 0.3) is 0 Å². The van der Waals surface area contributed by atoms with Crippen LogP contribution in [-0.2, 0) is 4.74 Å². The van der Waals surface area contributed by atoms with Crippen LogP contribution in [0.1, 0.15) is 25.6 Å². The van der Waals surface area contributed by atoms with Gasteiger partial charge in [0.1, 0.15) is 17.6 Å². The van der Waals surface area contributed by atoms with Crippen LogP contribution in [0.3, 0.4) is 0 Å². The molecule has 1 saturated heterocycles. The average Bonchev–Trinajstić information content (AvgIpc) is 2.70. The van der Waals surface area contributed by atoms with E-state index < -0.39 is 29.3 Å². The molecule has 10 heteroatoms. The Bertz CT molecular complexity index is 942. The fourth-order valence-corrected chi connectivity index (χ4v) is 3.97. The maximum Gasteiger partial charge on any atom is 0.182 e. The highest BCUT2D eigenvalue weighted by Gasteiger charge is 2.44. The number of aliphatic hydroxyl groups excluding tert-OH is 1. The molecule has 1 aliphatic rings. The van der Waals surface area contributed by atoms with E-state index in [-0.39, 0.29) is 36.1 Å². The lowest BCUT2D eigenvalue weighted by Crippen LogP contribution is -2.66. The highest BCUT2D eigenvalue weighted by atomic mass is 127. The molecule has 3 rings (SSSR count). The summed E-state index contributed by atoms with van der Waals surface area (Å²) >= 11 is 1.94. The minimum atomic E-state index is -1.32. The number of β-amino-alcohol motifs (C(OH)–C–C–N with tert-alkyl or cyclic N) is 1. The first-order valence-electron chi connectivity index (χ1n) is 10.3. The predicted octanol–water partition coefficient (Wildman–Crippen LogP) is 3.50. The first-order valence-corrected chi connectivity index (χ1v) is 11.3. The Hall–Kier alpha value is -1.44. The maximum atomic E-state index is 14.6. The molecule has 0 aromatic heterocycles. The number of likely N-dealkylation sites (tertiary alicyclic amines) is 1. The normalized spacial score (nSPS) is 16.8. The second-order valence-corrected chi connectivity index (χ2v) is 9.42. The molecule has 6 nitrogen and oxygen atoms in total. The molecule has 176 valence electrons. The minimum absolute atomic E-state index is 0.0437. The van der Waals surface area contributed by atoms with Gasteiger partial charge in [-0.2, -0.15) is 0 Å². The molecule has 1 fully saturated rings. The molecule has 4 N–H and O–H groups in total. The Labute approximate surface area is 198 Å². The lowest BCUT2D eigenvalue weighted by molar-refractivity contribution is -0.160. The number of anilines is 2. The average molecular weight is 565 g/mol. The Balaban J connectivity index is 1.67. The molecule has 2 aromatic carbocycles. The zero-order valence-electron chi connectivity index (χ0n) is 17.8. The van der Waals surface area contributed by atoms with Gasteiger partial charge in [0.2, 0.25) is 0 Å². The van der Waals surface area contributed by atoms with Crippen LogP contribution in [0.4, 0.5) is 24.5 Å². The maximum absolute atomic E-state index is 14.6. The fourth-order valence-electron chi connectivity index (χ4n) is 3.51. The van der Waals surface area contributed by atoms with Gasteiger partial charge in [-0.1, -0.05) is 0 Å². The van der Waals surface area contributed by atoms with Crippen LogP contribution < -0.4 is 10.6 Å². The van der Waals surface area contributed by atoms with Crippen molar-refractivity contribution in [2.45, 2.75) is 31.8 Å². The van der Waals surface area contributed by atoms with Crippen molar-refractivity contribution in [3.63, 3.8) is 0 Å². The van der Waals surface area contributed by atoms with Crippen molar-refractivity contribution in [3.8, 4) is 0 Å². The van der Waals surface area contributed by atoms with Gasteiger partial charge < -0.3 is 25.6 Å². The topological polar surface area (TPSA) is 77.0 Å². The number of ether oxygens (including phenoxy) is 1. The van der Waals surface area contributed by atoms with Crippen LogP contribution in [0.15, 0.2) is 30.3 Å². The molecule has 1 atom stereocenters. The molecule has 32 heavy (non-hydrogen) atoms. The lowest BCUT2D eigenvalue weighted by Gasteiger charge is -2.49. The van der Waals surface area contributed by atoms with E-state index in [4.69, 9.17) is 4.74 Å². The Morgan fingerprint density at radius 2 is 1.88 bits per heavy atom. The highest BCUT2D eigenvalue weighted by Crippen LogP contribution is 2.36. The number of aliphatic hydroxyl groups is 2. The lowest BCUT2D eigenvalue weighted by atomic mass is 9.92. The van der Waals surface area contributed by atoms with Crippen molar-refractivity contribution in [2.75, 3.05) is 38.1 Å². The molecule has 2 aromatic rings. The second kappa shape index (κ2) is 10.7. The molecule has 0 bridgehead atoms. The van der Waals surface area contributed by atoms with Crippen LogP contribution in [0.5, 0.6) is 0 Å². The molecular formula is C22H27F3IN3O3.